The van der Waals surface area contributed by atoms with Crippen LogP contribution in [0.4, 0.5) is 0 Å². The number of aromatic nitrogens is 1. The third-order valence-electron chi connectivity index (χ3n) is 4.27. The molecule has 1 aliphatic carbocycles. The molecule has 0 bridgehead atoms. The highest BCUT2D eigenvalue weighted by Gasteiger charge is 2.30. The molecule has 2 rings (SSSR count). The highest BCUT2D eigenvalue weighted by atomic mass is 32.2. The number of nitrogens with zero attached hydrogens (tertiary/aromatic N) is 1. The van der Waals surface area contributed by atoms with E-state index in [0.717, 1.165) is 19.6 Å². The standard InChI is InChI=1S/C16H28N2S/c1-3-10-18-11-7-15(13-18)12-17-14-16(19-2)8-5-4-6-9-16/h7,11,13,17H,3-6,8-10,12,14H2,1-2H3. The molecular formula is C16H28N2S. The number of thioether (sulfide) groups is 1. The van der Waals surface area contributed by atoms with Crippen LogP contribution in [-0.4, -0.2) is 22.1 Å². The smallest absolute Gasteiger partial charge is 0.0281 e. The summed E-state index contributed by atoms with van der Waals surface area (Å²) in [5.74, 6) is 0. The average Bonchev–Trinajstić information content (AvgIpc) is 2.88. The first-order valence-electron chi connectivity index (χ1n) is 7.68. The third-order valence-corrected chi connectivity index (χ3v) is 5.69. The molecular weight excluding hydrogens is 252 g/mol. The van der Waals surface area contributed by atoms with Crippen molar-refractivity contribution < 1.29 is 0 Å². The lowest BCUT2D eigenvalue weighted by Crippen LogP contribution is -2.39. The van der Waals surface area contributed by atoms with Crippen molar-refractivity contribution in [2.75, 3.05) is 12.8 Å². The van der Waals surface area contributed by atoms with Gasteiger partial charge in [0.25, 0.3) is 0 Å². The number of hydrogen-bond donors (Lipinski definition) is 1. The Morgan fingerprint density at radius 1 is 1.32 bits per heavy atom. The molecule has 0 aliphatic heterocycles. The number of rotatable bonds is 7. The van der Waals surface area contributed by atoms with Crippen molar-refractivity contribution in [2.24, 2.45) is 0 Å². The van der Waals surface area contributed by atoms with Crippen LogP contribution in [0.1, 0.15) is 51.0 Å². The summed E-state index contributed by atoms with van der Waals surface area (Å²) in [6, 6.07) is 2.25. The van der Waals surface area contributed by atoms with E-state index >= 15 is 0 Å². The van der Waals surface area contributed by atoms with E-state index in [-0.39, 0.29) is 0 Å². The lowest BCUT2D eigenvalue weighted by atomic mass is 9.88. The van der Waals surface area contributed by atoms with Gasteiger partial charge < -0.3 is 9.88 Å². The monoisotopic (exact) mass is 280 g/mol. The summed E-state index contributed by atoms with van der Waals surface area (Å²) in [4.78, 5) is 0. The Bertz CT molecular complexity index is 367. The molecule has 0 unspecified atom stereocenters. The Balaban J connectivity index is 1.78. The van der Waals surface area contributed by atoms with Crippen LogP contribution in [0.2, 0.25) is 0 Å². The van der Waals surface area contributed by atoms with Gasteiger partial charge in [-0.3, -0.25) is 0 Å². The second-order valence-corrected chi connectivity index (χ2v) is 7.08. The molecule has 0 spiro atoms. The van der Waals surface area contributed by atoms with Gasteiger partial charge in [-0.05, 0) is 37.1 Å². The van der Waals surface area contributed by atoms with Crippen LogP contribution in [0.3, 0.4) is 0 Å². The zero-order valence-corrected chi connectivity index (χ0v) is 13.3. The molecule has 1 fully saturated rings. The Morgan fingerprint density at radius 3 is 2.79 bits per heavy atom. The van der Waals surface area contributed by atoms with Crippen LogP contribution in [0.5, 0.6) is 0 Å². The number of aryl methyl sites for hydroxylation is 1. The summed E-state index contributed by atoms with van der Waals surface area (Å²) >= 11 is 2.07. The molecule has 3 heteroatoms. The second-order valence-electron chi connectivity index (χ2n) is 5.81. The molecule has 1 aromatic heterocycles. The van der Waals surface area contributed by atoms with Gasteiger partial charge in [0.2, 0.25) is 0 Å². The van der Waals surface area contributed by atoms with Crippen molar-refractivity contribution in [1.29, 1.82) is 0 Å². The summed E-state index contributed by atoms with van der Waals surface area (Å²) < 4.78 is 2.80. The van der Waals surface area contributed by atoms with Gasteiger partial charge in [-0.1, -0.05) is 26.2 Å². The summed E-state index contributed by atoms with van der Waals surface area (Å²) in [6.07, 6.45) is 15.0. The molecule has 0 atom stereocenters. The molecule has 2 nitrogen and oxygen atoms in total. The molecule has 1 saturated carbocycles. The van der Waals surface area contributed by atoms with Crippen molar-refractivity contribution in [3.8, 4) is 0 Å². The Morgan fingerprint density at radius 2 is 2.11 bits per heavy atom. The minimum Gasteiger partial charge on any atom is -0.354 e. The van der Waals surface area contributed by atoms with E-state index in [1.807, 2.05) is 0 Å². The van der Waals surface area contributed by atoms with Gasteiger partial charge in [-0.2, -0.15) is 11.8 Å². The zero-order valence-electron chi connectivity index (χ0n) is 12.5. The SMILES string of the molecule is CCCn1ccc(CNCC2(SC)CCCCC2)c1. The van der Waals surface area contributed by atoms with Crippen LogP contribution in [0.25, 0.3) is 0 Å². The van der Waals surface area contributed by atoms with E-state index in [9.17, 15) is 0 Å². The first-order valence-corrected chi connectivity index (χ1v) is 8.91. The van der Waals surface area contributed by atoms with Gasteiger partial charge in [0, 0.05) is 36.8 Å². The maximum Gasteiger partial charge on any atom is 0.0281 e. The largest absolute Gasteiger partial charge is 0.354 e. The van der Waals surface area contributed by atoms with Crippen molar-refractivity contribution in [1.82, 2.24) is 9.88 Å². The van der Waals surface area contributed by atoms with Gasteiger partial charge in [-0.25, -0.2) is 0 Å². The molecule has 1 N–H and O–H groups in total. The quantitative estimate of drug-likeness (QED) is 0.811. The summed E-state index contributed by atoms with van der Waals surface area (Å²) in [5, 5.41) is 3.68. The third kappa shape index (κ3) is 4.28. The van der Waals surface area contributed by atoms with Crippen LogP contribution in [-0.2, 0) is 13.1 Å². The number of nitrogens with one attached hydrogen (secondary N) is 1. The summed E-state index contributed by atoms with van der Waals surface area (Å²) in [6.45, 7) is 5.53. The maximum atomic E-state index is 3.68. The normalized spacial score (nSPS) is 18.6. The second kappa shape index (κ2) is 7.39. The van der Waals surface area contributed by atoms with Gasteiger partial charge in [0.15, 0.2) is 0 Å². The van der Waals surface area contributed by atoms with Crippen molar-refractivity contribution >= 4 is 11.8 Å². The minimum atomic E-state index is 0.504. The van der Waals surface area contributed by atoms with Gasteiger partial charge in [0.05, 0.1) is 0 Å². The van der Waals surface area contributed by atoms with E-state index in [1.165, 1.54) is 44.1 Å². The molecule has 108 valence electrons. The molecule has 1 heterocycles. The van der Waals surface area contributed by atoms with Crippen LogP contribution in [0, 0.1) is 0 Å². The molecule has 1 aromatic rings. The predicted octanol–water partition coefficient (Wildman–Crippen LogP) is 4.05. The number of hydrogen-bond acceptors (Lipinski definition) is 2. The Kier molecular flexibility index (Phi) is 5.83. The summed E-state index contributed by atoms with van der Waals surface area (Å²) in [5.41, 5.74) is 1.42. The van der Waals surface area contributed by atoms with Gasteiger partial charge in [-0.15, -0.1) is 0 Å². The highest BCUT2D eigenvalue weighted by Crippen LogP contribution is 2.37. The van der Waals surface area contributed by atoms with Crippen molar-refractivity contribution in [3.05, 3.63) is 24.0 Å². The molecule has 0 amide bonds. The molecule has 1 aliphatic rings. The highest BCUT2D eigenvalue weighted by molar-refractivity contribution is 8.00. The van der Waals surface area contributed by atoms with Crippen molar-refractivity contribution in [2.45, 2.75) is 63.3 Å². The maximum absolute atomic E-state index is 3.68. The Hall–Kier alpha value is -0.410. The predicted molar refractivity (Wildman–Crippen MR) is 85.8 cm³/mol. The van der Waals surface area contributed by atoms with E-state index in [4.69, 9.17) is 0 Å². The zero-order chi connectivity index (χ0) is 13.6. The van der Waals surface area contributed by atoms with Gasteiger partial charge >= 0.3 is 0 Å². The van der Waals surface area contributed by atoms with Crippen LogP contribution >= 0.6 is 11.8 Å². The summed E-state index contributed by atoms with van der Waals surface area (Å²) in [7, 11) is 0. The first-order chi connectivity index (χ1) is 9.28. The van der Waals surface area contributed by atoms with Crippen LogP contribution < -0.4 is 5.32 Å². The van der Waals surface area contributed by atoms with Crippen molar-refractivity contribution in [3.63, 3.8) is 0 Å². The fraction of sp³-hybridized carbons (Fsp3) is 0.750. The molecule has 19 heavy (non-hydrogen) atoms. The van der Waals surface area contributed by atoms with E-state index in [1.54, 1.807) is 0 Å². The van der Waals surface area contributed by atoms with Crippen LogP contribution in [0.15, 0.2) is 18.5 Å². The topological polar surface area (TPSA) is 17.0 Å². The lowest BCUT2D eigenvalue weighted by molar-refractivity contribution is 0.379. The Labute approximate surface area is 122 Å². The van der Waals surface area contributed by atoms with Gasteiger partial charge in [0.1, 0.15) is 0 Å². The van der Waals surface area contributed by atoms with E-state index in [2.05, 4.69) is 53.3 Å². The molecule has 0 saturated heterocycles. The van der Waals surface area contributed by atoms with E-state index in [0.29, 0.717) is 4.75 Å². The first kappa shape index (κ1) is 15.0. The molecule has 0 radical (unpaired) electrons. The fourth-order valence-corrected chi connectivity index (χ4v) is 4.02. The fourth-order valence-electron chi connectivity index (χ4n) is 3.08. The lowest BCUT2D eigenvalue weighted by Gasteiger charge is -2.36. The average molecular weight is 280 g/mol. The molecule has 0 aromatic carbocycles. The van der Waals surface area contributed by atoms with E-state index < -0.39 is 0 Å². The minimum absolute atomic E-state index is 0.504.